The van der Waals surface area contributed by atoms with Gasteiger partial charge in [0.15, 0.2) is 0 Å². The zero-order valence-electron chi connectivity index (χ0n) is 18.5. The summed E-state index contributed by atoms with van der Waals surface area (Å²) >= 11 is 0. The lowest BCUT2D eigenvalue weighted by Gasteiger charge is -2.32. The highest BCUT2D eigenvalue weighted by Crippen LogP contribution is 2.38. The molecule has 2 amide bonds. The Morgan fingerprint density at radius 1 is 1.10 bits per heavy atom. The van der Waals surface area contributed by atoms with E-state index in [9.17, 15) is 18.0 Å². The van der Waals surface area contributed by atoms with Crippen LogP contribution >= 0.6 is 0 Å². The van der Waals surface area contributed by atoms with E-state index in [1.54, 1.807) is 18.2 Å². The summed E-state index contributed by atoms with van der Waals surface area (Å²) in [6.45, 7) is 1.81. The molecule has 1 heterocycles. The van der Waals surface area contributed by atoms with Crippen molar-refractivity contribution in [3.8, 4) is 0 Å². The van der Waals surface area contributed by atoms with E-state index in [2.05, 4.69) is 5.32 Å². The number of sulfonamides is 1. The van der Waals surface area contributed by atoms with Gasteiger partial charge in [-0.15, -0.1) is 0 Å². The molecule has 1 N–H and O–H groups in total. The van der Waals surface area contributed by atoms with Crippen LogP contribution in [-0.4, -0.2) is 50.2 Å². The van der Waals surface area contributed by atoms with Crippen molar-refractivity contribution in [1.29, 1.82) is 0 Å². The number of anilines is 1. The van der Waals surface area contributed by atoms with Crippen LogP contribution in [0.4, 0.5) is 5.69 Å². The average molecular weight is 448 g/mol. The van der Waals surface area contributed by atoms with Crippen LogP contribution < -0.4 is 10.2 Å². The van der Waals surface area contributed by atoms with E-state index in [-0.39, 0.29) is 41.3 Å². The third kappa shape index (κ3) is 4.51. The quantitative estimate of drug-likeness (QED) is 0.727. The molecule has 31 heavy (non-hydrogen) atoms. The molecule has 2 fully saturated rings. The second-order valence-corrected chi connectivity index (χ2v) is 11.4. The molecule has 0 saturated heterocycles. The Bertz CT molecular complexity index is 952. The highest BCUT2D eigenvalue weighted by molar-refractivity contribution is 7.89. The van der Waals surface area contributed by atoms with Crippen LogP contribution in [-0.2, 0) is 26.0 Å². The maximum atomic E-state index is 13.1. The predicted octanol–water partition coefficient (Wildman–Crippen LogP) is 2.83. The number of amides is 2. The minimum absolute atomic E-state index is 0.0278. The van der Waals surface area contributed by atoms with Gasteiger partial charge in [0.1, 0.15) is 0 Å². The number of likely N-dealkylation sites (N-methyl/N-ethyl adjacent to an activating group) is 1. The molecule has 0 unspecified atom stereocenters. The smallest absolute Gasteiger partial charge is 0.243 e. The first-order valence-corrected chi connectivity index (χ1v) is 12.9. The van der Waals surface area contributed by atoms with Crippen molar-refractivity contribution in [2.24, 2.45) is 5.92 Å². The molecule has 3 aliphatic rings. The fraction of sp³-hybridized carbons (Fsp3) is 0.652. The summed E-state index contributed by atoms with van der Waals surface area (Å²) in [5.74, 6) is 0.000237. The second kappa shape index (κ2) is 8.90. The monoisotopic (exact) mass is 447 g/mol. The summed E-state index contributed by atoms with van der Waals surface area (Å²) in [6, 6.07) is 5.16. The van der Waals surface area contributed by atoms with Crippen LogP contribution in [0.2, 0.25) is 0 Å². The minimum atomic E-state index is -3.79. The van der Waals surface area contributed by atoms with Crippen LogP contribution in [0, 0.1) is 5.92 Å². The fourth-order valence-corrected chi connectivity index (χ4v) is 6.12. The maximum Gasteiger partial charge on any atom is 0.243 e. The molecule has 2 aliphatic carbocycles. The number of carbonyl (C=O) groups excluding carboxylic acids is 2. The molecule has 7 nitrogen and oxygen atoms in total. The molecule has 0 aromatic heterocycles. The van der Waals surface area contributed by atoms with Gasteiger partial charge < -0.3 is 10.2 Å². The number of nitrogens with one attached hydrogen (secondary N) is 1. The molecule has 4 rings (SSSR count). The summed E-state index contributed by atoms with van der Waals surface area (Å²) in [6.07, 6.45) is 8.95. The van der Waals surface area contributed by atoms with E-state index in [4.69, 9.17) is 0 Å². The van der Waals surface area contributed by atoms with Gasteiger partial charge in [0.2, 0.25) is 21.8 Å². The van der Waals surface area contributed by atoms with E-state index in [1.165, 1.54) is 13.5 Å². The van der Waals surface area contributed by atoms with Crippen LogP contribution in [0.5, 0.6) is 0 Å². The number of rotatable bonds is 6. The average Bonchev–Trinajstić information content (AvgIpc) is 3.02. The molecular formula is C23H33N3O4S. The lowest BCUT2D eigenvalue weighted by molar-refractivity contribution is -0.125. The van der Waals surface area contributed by atoms with Gasteiger partial charge in [-0.25, -0.2) is 8.42 Å². The van der Waals surface area contributed by atoms with Gasteiger partial charge in [0.25, 0.3) is 0 Å². The van der Waals surface area contributed by atoms with Gasteiger partial charge >= 0.3 is 0 Å². The van der Waals surface area contributed by atoms with Gasteiger partial charge in [-0.1, -0.05) is 25.7 Å². The molecule has 1 aromatic rings. The normalized spacial score (nSPS) is 22.3. The van der Waals surface area contributed by atoms with Gasteiger partial charge in [0.05, 0.1) is 11.4 Å². The fourth-order valence-electron chi connectivity index (χ4n) is 4.94. The summed E-state index contributed by atoms with van der Waals surface area (Å²) < 4.78 is 27.3. The van der Waals surface area contributed by atoms with Crippen molar-refractivity contribution in [2.75, 3.05) is 18.5 Å². The van der Waals surface area contributed by atoms with Crippen molar-refractivity contribution in [3.63, 3.8) is 0 Å². The number of benzene rings is 1. The Labute approximate surface area is 185 Å². The topological polar surface area (TPSA) is 86.8 Å². The van der Waals surface area contributed by atoms with E-state index in [1.807, 2.05) is 11.8 Å². The van der Waals surface area contributed by atoms with E-state index >= 15 is 0 Å². The zero-order chi connectivity index (χ0) is 22.2. The van der Waals surface area contributed by atoms with Crippen LogP contribution in [0.15, 0.2) is 23.1 Å². The molecule has 1 atom stereocenters. The second-order valence-electron chi connectivity index (χ2n) is 9.34. The lowest BCUT2D eigenvalue weighted by Crippen LogP contribution is -2.43. The molecular weight excluding hydrogens is 414 g/mol. The van der Waals surface area contributed by atoms with Crippen molar-refractivity contribution in [3.05, 3.63) is 23.8 Å². The van der Waals surface area contributed by atoms with Gasteiger partial charge in [0, 0.05) is 30.7 Å². The molecule has 2 saturated carbocycles. The van der Waals surface area contributed by atoms with Gasteiger partial charge in [-0.05, 0) is 62.8 Å². The minimum Gasteiger partial charge on any atom is -0.352 e. The van der Waals surface area contributed by atoms with E-state index in [0.29, 0.717) is 6.42 Å². The van der Waals surface area contributed by atoms with Crippen molar-refractivity contribution >= 4 is 27.5 Å². The van der Waals surface area contributed by atoms with Crippen LogP contribution in [0.25, 0.3) is 0 Å². The van der Waals surface area contributed by atoms with Gasteiger partial charge in [-0.2, -0.15) is 4.31 Å². The molecule has 1 aliphatic heterocycles. The molecule has 170 valence electrons. The highest BCUT2D eigenvalue weighted by atomic mass is 32.2. The third-order valence-corrected chi connectivity index (χ3v) is 8.80. The molecule has 0 radical (unpaired) electrons. The van der Waals surface area contributed by atoms with Crippen LogP contribution in [0.1, 0.15) is 63.9 Å². The molecule has 0 spiro atoms. The SMILES string of the molecule is C[C@@H]1Cc2cc(S(=O)(=O)N(C)CC(=O)NC3CCCCC3)ccc2N1C(=O)C1CCC1. The number of carbonyl (C=O) groups is 2. The number of nitrogens with zero attached hydrogens (tertiary/aromatic N) is 2. The highest BCUT2D eigenvalue weighted by Gasteiger charge is 2.37. The predicted molar refractivity (Wildman–Crippen MR) is 119 cm³/mol. The summed E-state index contributed by atoms with van der Waals surface area (Å²) in [5, 5.41) is 2.97. The third-order valence-electron chi connectivity index (χ3n) is 7.00. The standard InChI is InChI=1S/C23H33N3O4S/c1-16-13-18-14-20(11-12-21(18)26(16)23(28)17-7-6-8-17)31(29,30)25(2)15-22(27)24-19-9-4-3-5-10-19/h11-12,14,16-17,19H,3-10,13,15H2,1-2H3,(H,24,27)/t16-/m1/s1. The first-order chi connectivity index (χ1) is 14.8. The van der Waals surface area contributed by atoms with E-state index < -0.39 is 10.0 Å². The van der Waals surface area contributed by atoms with Crippen molar-refractivity contribution < 1.29 is 18.0 Å². The Morgan fingerprint density at radius 2 is 1.81 bits per heavy atom. The Balaban J connectivity index is 1.45. The number of hydrogen-bond acceptors (Lipinski definition) is 4. The molecule has 0 bridgehead atoms. The first-order valence-electron chi connectivity index (χ1n) is 11.5. The zero-order valence-corrected chi connectivity index (χ0v) is 19.3. The lowest BCUT2D eigenvalue weighted by atomic mass is 9.84. The van der Waals surface area contributed by atoms with Gasteiger partial charge in [-0.3, -0.25) is 9.59 Å². The number of hydrogen-bond donors (Lipinski definition) is 1. The van der Waals surface area contributed by atoms with Crippen LogP contribution in [0.3, 0.4) is 0 Å². The Kier molecular flexibility index (Phi) is 6.40. The Hall–Kier alpha value is -1.93. The number of fused-ring (bicyclic) bond motifs is 1. The van der Waals surface area contributed by atoms with Crippen molar-refractivity contribution in [2.45, 2.75) is 81.7 Å². The first kappa shape index (κ1) is 22.3. The Morgan fingerprint density at radius 3 is 2.45 bits per heavy atom. The molecule has 1 aromatic carbocycles. The summed E-state index contributed by atoms with van der Waals surface area (Å²) in [7, 11) is -2.35. The van der Waals surface area contributed by atoms with Crippen molar-refractivity contribution in [1.82, 2.24) is 9.62 Å². The summed E-state index contributed by atoms with van der Waals surface area (Å²) in [5.41, 5.74) is 1.70. The summed E-state index contributed by atoms with van der Waals surface area (Å²) in [4.78, 5) is 27.2. The van der Waals surface area contributed by atoms with E-state index in [0.717, 1.165) is 60.5 Å². The molecule has 8 heteroatoms. The largest absolute Gasteiger partial charge is 0.352 e. The maximum absolute atomic E-state index is 13.1.